The van der Waals surface area contributed by atoms with Crippen LogP contribution in [0.5, 0.6) is 0 Å². The number of benzene rings is 2. The Morgan fingerprint density at radius 3 is 2.56 bits per heavy atom. The van der Waals surface area contributed by atoms with E-state index in [-0.39, 0.29) is 41.5 Å². The van der Waals surface area contributed by atoms with E-state index in [4.69, 9.17) is 29.0 Å². The molecule has 1 aliphatic heterocycles. The van der Waals surface area contributed by atoms with Crippen LogP contribution in [0.1, 0.15) is 17.2 Å². The number of halogens is 2. The molecule has 122 valence electrons. The third-order valence-electron chi connectivity index (χ3n) is 4.18. The fourth-order valence-corrected chi connectivity index (χ4v) is 3.32. The van der Waals surface area contributed by atoms with E-state index in [9.17, 15) is 4.39 Å². The molecule has 1 aliphatic rings. The Morgan fingerprint density at radius 2 is 1.92 bits per heavy atom. The van der Waals surface area contributed by atoms with Gasteiger partial charge in [0.05, 0.1) is 6.54 Å². The van der Waals surface area contributed by atoms with Gasteiger partial charge in [0.25, 0.3) is 0 Å². The van der Waals surface area contributed by atoms with Crippen LogP contribution in [-0.4, -0.2) is 14.8 Å². The smallest absolute Gasteiger partial charge is 0.740 e. The average molecular weight is 384 g/mol. The van der Waals surface area contributed by atoms with Crippen LogP contribution in [0.4, 0.5) is 4.39 Å². The van der Waals surface area contributed by atoms with Crippen LogP contribution in [0.2, 0.25) is 5.02 Å². The van der Waals surface area contributed by atoms with Gasteiger partial charge in [-0.15, -0.1) is 0 Å². The van der Waals surface area contributed by atoms with Crippen molar-refractivity contribution >= 4 is 24.2 Å². The van der Waals surface area contributed by atoms with Crippen molar-refractivity contribution < 1.29 is 38.7 Å². The maximum atomic E-state index is 13.3. The van der Waals surface area contributed by atoms with Crippen molar-refractivity contribution in [3.05, 3.63) is 76.8 Å². The van der Waals surface area contributed by atoms with Crippen molar-refractivity contribution in [3.63, 3.8) is 0 Å². The Labute approximate surface area is 177 Å². The second kappa shape index (κ2) is 7.31. The summed E-state index contributed by atoms with van der Waals surface area (Å²) in [7, 11) is 0. The molecule has 1 aromatic heterocycles. The number of nitrogens with zero attached hydrogens (tertiary/aromatic N) is 3. The number of ether oxygens (including phenoxy) is 1. The molecule has 25 heavy (non-hydrogen) atoms. The minimum absolute atomic E-state index is 0. The van der Waals surface area contributed by atoms with Gasteiger partial charge in [0.2, 0.25) is 0 Å². The third kappa shape index (κ3) is 3.47. The van der Waals surface area contributed by atoms with Gasteiger partial charge in [-0.05, 0) is 23.8 Å². The van der Waals surface area contributed by atoms with Crippen molar-refractivity contribution in [2.75, 3.05) is 0 Å². The molecule has 3 aromatic rings. The van der Waals surface area contributed by atoms with Gasteiger partial charge in [-0.3, -0.25) is 4.68 Å². The van der Waals surface area contributed by atoms with Gasteiger partial charge in [0.1, 0.15) is 23.8 Å². The van der Waals surface area contributed by atoms with Crippen molar-refractivity contribution in [1.29, 1.82) is 0 Å². The first kappa shape index (κ1) is 18.8. The second-order valence-corrected chi connectivity index (χ2v) is 6.39. The molecule has 0 N–H and O–H groups in total. The SMILES string of the molecule is Fc1ccc(C2(Cn3ncnc3[S-])OC2c2ccccc2Cl)cc1.[Na+]. The zero-order chi connectivity index (χ0) is 16.7. The normalized spacial score (nSPS) is 21.6. The summed E-state index contributed by atoms with van der Waals surface area (Å²) in [6, 6.07) is 13.8. The molecule has 0 radical (unpaired) electrons. The van der Waals surface area contributed by atoms with Crippen molar-refractivity contribution in [3.8, 4) is 0 Å². The molecule has 8 heteroatoms. The van der Waals surface area contributed by atoms with Crippen LogP contribution >= 0.6 is 11.6 Å². The fraction of sp³-hybridized carbons (Fsp3) is 0.176. The molecule has 2 heterocycles. The summed E-state index contributed by atoms with van der Waals surface area (Å²) in [5, 5.41) is 5.16. The molecule has 1 saturated heterocycles. The van der Waals surface area contributed by atoms with Crippen LogP contribution in [0.25, 0.3) is 0 Å². The minimum Gasteiger partial charge on any atom is -0.740 e. The van der Waals surface area contributed by atoms with Gasteiger partial charge >= 0.3 is 29.6 Å². The van der Waals surface area contributed by atoms with Crippen LogP contribution in [0.3, 0.4) is 0 Å². The Hall–Kier alpha value is -1.02. The van der Waals surface area contributed by atoms with Gasteiger partial charge < -0.3 is 17.4 Å². The van der Waals surface area contributed by atoms with Gasteiger partial charge in [0, 0.05) is 15.7 Å². The molecule has 0 saturated carbocycles. The fourth-order valence-electron chi connectivity index (χ4n) is 2.93. The van der Waals surface area contributed by atoms with E-state index in [0.29, 0.717) is 16.7 Å². The van der Waals surface area contributed by atoms with Gasteiger partial charge in [-0.25, -0.2) is 9.37 Å². The molecule has 2 unspecified atom stereocenters. The van der Waals surface area contributed by atoms with Crippen molar-refractivity contribution in [2.45, 2.75) is 23.4 Å². The zero-order valence-corrected chi connectivity index (χ0v) is 17.0. The van der Waals surface area contributed by atoms with E-state index >= 15 is 0 Å². The zero-order valence-electron chi connectivity index (χ0n) is 13.4. The third-order valence-corrected chi connectivity index (χ3v) is 4.84. The molecule has 0 aliphatic carbocycles. The van der Waals surface area contributed by atoms with Crippen molar-refractivity contribution in [1.82, 2.24) is 14.8 Å². The summed E-state index contributed by atoms with van der Waals surface area (Å²) < 4.78 is 21.0. The molecule has 2 atom stereocenters. The monoisotopic (exact) mass is 383 g/mol. The Morgan fingerprint density at radius 1 is 1.20 bits per heavy atom. The van der Waals surface area contributed by atoms with E-state index in [0.717, 1.165) is 11.1 Å². The maximum absolute atomic E-state index is 13.3. The van der Waals surface area contributed by atoms with Gasteiger partial charge in [-0.2, -0.15) is 5.10 Å². The van der Waals surface area contributed by atoms with E-state index < -0.39 is 5.60 Å². The summed E-state index contributed by atoms with van der Waals surface area (Å²) in [5.74, 6) is -0.298. The number of rotatable bonds is 4. The standard InChI is InChI=1S/C17H13ClFN3OS.Na/c18-14-4-2-1-3-13(14)15-17(23-15,9-22-16(24)20-10-21-22)11-5-7-12(19)8-6-11;/h1-8,10,15H,9H2,(H,20,21,24);/q;+1/p-1. The summed E-state index contributed by atoms with van der Waals surface area (Å²) in [4.78, 5) is 3.98. The van der Waals surface area contributed by atoms with E-state index in [1.165, 1.54) is 18.5 Å². The van der Waals surface area contributed by atoms with Crippen molar-refractivity contribution in [2.24, 2.45) is 0 Å². The topological polar surface area (TPSA) is 43.2 Å². The summed E-state index contributed by atoms with van der Waals surface area (Å²) in [5.41, 5.74) is 1.04. The summed E-state index contributed by atoms with van der Waals surface area (Å²) in [6.07, 6.45) is 1.16. The Balaban J connectivity index is 0.00000182. The number of epoxide rings is 1. The first-order valence-corrected chi connectivity index (χ1v) is 8.12. The van der Waals surface area contributed by atoms with Gasteiger partial charge in [0.15, 0.2) is 0 Å². The van der Waals surface area contributed by atoms with E-state index in [1.54, 1.807) is 16.8 Å². The predicted octanol–water partition coefficient (Wildman–Crippen LogP) is 0.647. The Kier molecular flexibility index (Phi) is 5.48. The Bertz CT molecular complexity index is 892. The molecule has 4 rings (SSSR count). The second-order valence-electron chi connectivity index (χ2n) is 5.62. The number of hydrogen-bond donors (Lipinski definition) is 0. The maximum Gasteiger partial charge on any atom is 1.00 e. The molecule has 1 fully saturated rings. The van der Waals surface area contributed by atoms with Crippen LogP contribution in [0, 0.1) is 5.82 Å². The van der Waals surface area contributed by atoms with Gasteiger partial charge in [-0.1, -0.05) is 41.9 Å². The predicted molar refractivity (Wildman–Crippen MR) is 89.0 cm³/mol. The summed E-state index contributed by atoms with van der Waals surface area (Å²) >= 11 is 11.5. The first-order valence-electron chi connectivity index (χ1n) is 7.33. The largest absolute Gasteiger partial charge is 1.00 e. The minimum atomic E-state index is -0.694. The average Bonchev–Trinajstić information content (AvgIpc) is 3.16. The molecular weight excluding hydrogens is 372 g/mol. The first-order chi connectivity index (χ1) is 11.6. The quantitative estimate of drug-likeness (QED) is 0.377. The molecule has 0 bridgehead atoms. The molecule has 2 aromatic carbocycles. The molecule has 4 nitrogen and oxygen atoms in total. The van der Waals surface area contributed by atoms with Crippen LogP contribution < -0.4 is 29.6 Å². The number of aromatic nitrogens is 3. The van der Waals surface area contributed by atoms with E-state index in [2.05, 4.69) is 10.1 Å². The molecule has 0 amide bonds. The molecular formula is C17H12ClFN3NaOS. The van der Waals surface area contributed by atoms with E-state index in [1.807, 2.05) is 24.3 Å². The van der Waals surface area contributed by atoms with Crippen LogP contribution in [-0.2, 0) is 29.5 Å². The molecule has 0 spiro atoms. The number of hydrogen-bond acceptors (Lipinski definition) is 4. The summed E-state index contributed by atoms with van der Waals surface area (Å²) in [6.45, 7) is 0.382. The van der Waals surface area contributed by atoms with Crippen LogP contribution in [0.15, 0.2) is 60.0 Å².